The van der Waals surface area contributed by atoms with Crippen LogP contribution in [0.5, 0.6) is 5.75 Å². The summed E-state index contributed by atoms with van der Waals surface area (Å²) in [4.78, 5) is 14.7. The highest BCUT2D eigenvalue weighted by Gasteiger charge is 2.24. The van der Waals surface area contributed by atoms with Crippen molar-refractivity contribution in [2.75, 3.05) is 26.2 Å². The van der Waals surface area contributed by atoms with Gasteiger partial charge in [0.2, 0.25) is 5.91 Å². The zero-order valence-corrected chi connectivity index (χ0v) is 15.4. The minimum Gasteiger partial charge on any atom is -0.493 e. The monoisotopic (exact) mass is 332 g/mol. The molecule has 2 rings (SSSR count). The standard InChI is InChI=1S/C20H32N2O2/c1-4-14-22(18-9-12-21-13-10-18)20(23)11-15-24-19-7-5-17(6-8-19)16(2)3/h5-8,16,18,21H,4,9-15H2,1-3H3. The topological polar surface area (TPSA) is 41.6 Å². The number of ether oxygens (including phenoxy) is 1. The third-order valence-electron chi connectivity index (χ3n) is 4.67. The van der Waals surface area contributed by atoms with E-state index >= 15 is 0 Å². The quantitative estimate of drug-likeness (QED) is 0.791. The van der Waals surface area contributed by atoms with E-state index in [4.69, 9.17) is 4.74 Å². The van der Waals surface area contributed by atoms with Gasteiger partial charge in [-0.3, -0.25) is 4.79 Å². The second-order valence-corrected chi connectivity index (χ2v) is 6.89. The number of nitrogens with one attached hydrogen (secondary N) is 1. The van der Waals surface area contributed by atoms with Crippen LogP contribution in [0.3, 0.4) is 0 Å². The molecule has 1 heterocycles. The zero-order chi connectivity index (χ0) is 17.4. The Labute approximate surface area is 146 Å². The third-order valence-corrected chi connectivity index (χ3v) is 4.67. The summed E-state index contributed by atoms with van der Waals surface area (Å²) in [5.41, 5.74) is 1.30. The lowest BCUT2D eigenvalue weighted by atomic mass is 10.0. The van der Waals surface area contributed by atoms with Crippen molar-refractivity contribution in [3.05, 3.63) is 29.8 Å². The molecule has 1 amide bonds. The van der Waals surface area contributed by atoms with E-state index in [2.05, 4.69) is 43.1 Å². The summed E-state index contributed by atoms with van der Waals surface area (Å²) in [6.07, 6.45) is 3.58. The maximum absolute atomic E-state index is 12.6. The molecule has 0 aromatic heterocycles. The maximum Gasteiger partial charge on any atom is 0.226 e. The Balaban J connectivity index is 1.81. The Morgan fingerprint density at radius 3 is 2.50 bits per heavy atom. The number of benzene rings is 1. The predicted octanol–water partition coefficient (Wildman–Crippen LogP) is 3.57. The first-order valence-corrected chi connectivity index (χ1v) is 9.34. The predicted molar refractivity (Wildman–Crippen MR) is 98.5 cm³/mol. The van der Waals surface area contributed by atoms with Crippen LogP contribution in [0.2, 0.25) is 0 Å². The molecule has 0 atom stereocenters. The first kappa shape index (κ1) is 18.8. The van der Waals surface area contributed by atoms with Gasteiger partial charge < -0.3 is 15.0 Å². The van der Waals surface area contributed by atoms with E-state index in [0.29, 0.717) is 25.0 Å². The summed E-state index contributed by atoms with van der Waals surface area (Å²) in [5, 5.41) is 3.37. The summed E-state index contributed by atoms with van der Waals surface area (Å²) >= 11 is 0. The Hall–Kier alpha value is -1.55. The molecule has 0 unspecified atom stereocenters. The number of amides is 1. The fourth-order valence-corrected chi connectivity index (χ4v) is 3.22. The lowest BCUT2D eigenvalue weighted by molar-refractivity contribution is -0.134. The van der Waals surface area contributed by atoms with Crippen LogP contribution in [-0.2, 0) is 4.79 Å². The Morgan fingerprint density at radius 2 is 1.92 bits per heavy atom. The maximum atomic E-state index is 12.6. The van der Waals surface area contributed by atoms with Crippen molar-refractivity contribution in [2.24, 2.45) is 0 Å². The molecule has 1 aromatic carbocycles. The molecule has 0 aliphatic carbocycles. The molecule has 1 N–H and O–H groups in total. The third kappa shape index (κ3) is 5.52. The highest BCUT2D eigenvalue weighted by atomic mass is 16.5. The zero-order valence-electron chi connectivity index (χ0n) is 15.4. The number of rotatable bonds is 8. The minimum absolute atomic E-state index is 0.225. The molecular formula is C20H32N2O2. The first-order chi connectivity index (χ1) is 11.6. The summed E-state index contributed by atoms with van der Waals surface area (Å²) in [7, 11) is 0. The normalized spacial score (nSPS) is 15.5. The minimum atomic E-state index is 0.225. The van der Waals surface area contributed by atoms with Crippen LogP contribution >= 0.6 is 0 Å². The fourth-order valence-electron chi connectivity index (χ4n) is 3.22. The number of nitrogens with zero attached hydrogens (tertiary/aromatic N) is 1. The van der Waals surface area contributed by atoms with Crippen LogP contribution < -0.4 is 10.1 Å². The van der Waals surface area contributed by atoms with Gasteiger partial charge in [-0.1, -0.05) is 32.9 Å². The van der Waals surface area contributed by atoms with E-state index in [1.54, 1.807) is 0 Å². The van der Waals surface area contributed by atoms with Gasteiger partial charge in [-0.25, -0.2) is 0 Å². The lowest BCUT2D eigenvalue weighted by Crippen LogP contribution is -2.46. The molecule has 1 fully saturated rings. The summed E-state index contributed by atoms with van der Waals surface area (Å²) in [5.74, 6) is 1.59. The molecule has 0 spiro atoms. The van der Waals surface area contributed by atoms with E-state index < -0.39 is 0 Å². The number of piperidine rings is 1. The summed E-state index contributed by atoms with van der Waals surface area (Å²) < 4.78 is 5.77. The number of hydrogen-bond acceptors (Lipinski definition) is 3. The fraction of sp³-hybridized carbons (Fsp3) is 0.650. The molecule has 134 valence electrons. The van der Waals surface area contributed by atoms with E-state index in [-0.39, 0.29) is 5.91 Å². The second kappa shape index (κ2) is 9.67. The van der Waals surface area contributed by atoms with Crippen molar-refractivity contribution >= 4 is 5.91 Å². The van der Waals surface area contributed by atoms with Crippen LogP contribution in [0.4, 0.5) is 0 Å². The highest BCUT2D eigenvalue weighted by molar-refractivity contribution is 5.76. The van der Waals surface area contributed by atoms with Crippen LogP contribution in [-0.4, -0.2) is 43.1 Å². The molecule has 24 heavy (non-hydrogen) atoms. The van der Waals surface area contributed by atoms with E-state index in [0.717, 1.165) is 44.6 Å². The van der Waals surface area contributed by atoms with Crippen molar-refractivity contribution in [1.29, 1.82) is 0 Å². The molecule has 0 saturated carbocycles. The van der Waals surface area contributed by atoms with Gasteiger partial charge in [0.25, 0.3) is 0 Å². The van der Waals surface area contributed by atoms with Gasteiger partial charge in [-0.15, -0.1) is 0 Å². The molecule has 1 aliphatic rings. The largest absolute Gasteiger partial charge is 0.493 e. The van der Waals surface area contributed by atoms with Crippen molar-refractivity contribution in [3.8, 4) is 5.75 Å². The van der Waals surface area contributed by atoms with Gasteiger partial charge in [0.15, 0.2) is 0 Å². The molecule has 1 saturated heterocycles. The van der Waals surface area contributed by atoms with E-state index in [9.17, 15) is 4.79 Å². The molecule has 4 heteroatoms. The average Bonchev–Trinajstić information content (AvgIpc) is 2.60. The molecule has 0 bridgehead atoms. The van der Waals surface area contributed by atoms with Gasteiger partial charge in [-0.2, -0.15) is 0 Å². The molecule has 1 aliphatic heterocycles. The van der Waals surface area contributed by atoms with Crippen molar-refractivity contribution in [2.45, 2.75) is 58.4 Å². The van der Waals surface area contributed by atoms with Gasteiger partial charge in [0.1, 0.15) is 5.75 Å². The number of carbonyl (C=O) groups excluding carboxylic acids is 1. The second-order valence-electron chi connectivity index (χ2n) is 6.89. The average molecular weight is 332 g/mol. The van der Waals surface area contributed by atoms with Crippen molar-refractivity contribution in [3.63, 3.8) is 0 Å². The van der Waals surface area contributed by atoms with Crippen molar-refractivity contribution in [1.82, 2.24) is 10.2 Å². The number of carbonyl (C=O) groups is 1. The van der Waals surface area contributed by atoms with Crippen LogP contribution in [0.25, 0.3) is 0 Å². The molecule has 0 radical (unpaired) electrons. The Bertz CT molecular complexity index is 493. The Kier molecular flexibility index (Phi) is 7.57. The lowest BCUT2D eigenvalue weighted by Gasteiger charge is -2.34. The Morgan fingerprint density at radius 1 is 1.25 bits per heavy atom. The van der Waals surface area contributed by atoms with Gasteiger partial charge in [0.05, 0.1) is 13.0 Å². The van der Waals surface area contributed by atoms with Gasteiger partial charge in [0, 0.05) is 12.6 Å². The number of hydrogen-bond donors (Lipinski definition) is 1. The SMILES string of the molecule is CCCN(C(=O)CCOc1ccc(C(C)C)cc1)C1CCNCC1. The van der Waals surface area contributed by atoms with E-state index in [1.165, 1.54) is 5.56 Å². The molecule has 1 aromatic rings. The van der Waals surface area contributed by atoms with Crippen LogP contribution in [0, 0.1) is 0 Å². The van der Waals surface area contributed by atoms with Gasteiger partial charge in [-0.05, 0) is 56.0 Å². The molecular weight excluding hydrogens is 300 g/mol. The summed E-state index contributed by atoms with van der Waals surface area (Å²) in [6, 6.07) is 8.58. The molecule has 4 nitrogen and oxygen atoms in total. The van der Waals surface area contributed by atoms with Crippen molar-refractivity contribution < 1.29 is 9.53 Å². The smallest absolute Gasteiger partial charge is 0.226 e. The van der Waals surface area contributed by atoms with Gasteiger partial charge >= 0.3 is 0 Å². The highest BCUT2D eigenvalue weighted by Crippen LogP contribution is 2.19. The first-order valence-electron chi connectivity index (χ1n) is 9.34. The van der Waals surface area contributed by atoms with Crippen LogP contribution in [0.1, 0.15) is 57.9 Å². The summed E-state index contributed by atoms with van der Waals surface area (Å²) in [6.45, 7) is 9.81. The van der Waals surface area contributed by atoms with Crippen LogP contribution in [0.15, 0.2) is 24.3 Å². The van der Waals surface area contributed by atoms with E-state index in [1.807, 2.05) is 12.1 Å².